The number of anilines is 1. The Labute approximate surface area is 100 Å². The maximum absolute atomic E-state index is 5.72. The standard InChI is InChI=1S/C11H19N3OS/c12-14-11-13-6-10(16-11)8-15-7-9-4-2-1-3-5-9/h6,9H,1-5,7-8,12H2,(H,13,14). The summed E-state index contributed by atoms with van der Waals surface area (Å²) in [5.41, 5.74) is 2.54. The van der Waals surface area contributed by atoms with Gasteiger partial charge in [0.05, 0.1) is 11.5 Å². The summed E-state index contributed by atoms with van der Waals surface area (Å²) < 4.78 is 5.72. The molecular formula is C11H19N3OS. The first-order valence-electron chi connectivity index (χ1n) is 5.87. The minimum absolute atomic E-state index is 0.663. The summed E-state index contributed by atoms with van der Waals surface area (Å²) in [7, 11) is 0. The van der Waals surface area contributed by atoms with Gasteiger partial charge >= 0.3 is 0 Å². The zero-order valence-electron chi connectivity index (χ0n) is 9.45. The lowest BCUT2D eigenvalue weighted by Crippen LogP contribution is -2.12. The first kappa shape index (κ1) is 11.8. The molecule has 1 fully saturated rings. The SMILES string of the molecule is NNc1ncc(COCC2CCCCC2)s1. The van der Waals surface area contributed by atoms with Crippen molar-refractivity contribution in [3.63, 3.8) is 0 Å². The number of nitrogens with one attached hydrogen (secondary N) is 1. The molecule has 0 aromatic carbocycles. The van der Waals surface area contributed by atoms with E-state index in [1.54, 1.807) is 11.3 Å². The highest BCUT2D eigenvalue weighted by atomic mass is 32.1. The summed E-state index contributed by atoms with van der Waals surface area (Å²) in [6.07, 6.45) is 8.62. The monoisotopic (exact) mass is 241 g/mol. The molecule has 16 heavy (non-hydrogen) atoms. The highest BCUT2D eigenvalue weighted by Gasteiger charge is 2.13. The van der Waals surface area contributed by atoms with Crippen molar-refractivity contribution in [2.24, 2.45) is 11.8 Å². The lowest BCUT2D eigenvalue weighted by atomic mass is 9.90. The van der Waals surface area contributed by atoms with Gasteiger partial charge in [0.1, 0.15) is 0 Å². The van der Waals surface area contributed by atoms with E-state index in [2.05, 4.69) is 10.4 Å². The molecule has 1 aliphatic rings. The summed E-state index contributed by atoms with van der Waals surface area (Å²) in [5.74, 6) is 6.04. The number of thiazole rings is 1. The molecule has 1 saturated carbocycles. The molecule has 1 aromatic heterocycles. The smallest absolute Gasteiger partial charge is 0.197 e. The molecule has 0 spiro atoms. The Balaban J connectivity index is 1.66. The Morgan fingerprint density at radius 1 is 1.44 bits per heavy atom. The van der Waals surface area contributed by atoms with E-state index in [0.29, 0.717) is 6.61 Å². The number of hydrogen-bond donors (Lipinski definition) is 2. The third kappa shape index (κ3) is 3.43. The molecule has 4 nitrogen and oxygen atoms in total. The number of ether oxygens (including phenoxy) is 1. The number of nitrogens with zero attached hydrogens (tertiary/aromatic N) is 1. The molecule has 2 rings (SSSR count). The number of aromatic nitrogens is 1. The van der Waals surface area contributed by atoms with Crippen molar-refractivity contribution in [2.75, 3.05) is 12.0 Å². The quantitative estimate of drug-likeness (QED) is 0.614. The predicted molar refractivity (Wildman–Crippen MR) is 66.2 cm³/mol. The molecule has 0 amide bonds. The molecule has 0 unspecified atom stereocenters. The minimum Gasteiger partial charge on any atom is -0.376 e. The van der Waals surface area contributed by atoms with Crippen molar-refractivity contribution in [2.45, 2.75) is 38.7 Å². The minimum atomic E-state index is 0.663. The molecular weight excluding hydrogens is 222 g/mol. The van der Waals surface area contributed by atoms with Gasteiger partial charge in [0, 0.05) is 12.8 Å². The topological polar surface area (TPSA) is 60.2 Å². The summed E-state index contributed by atoms with van der Waals surface area (Å²) in [5, 5.41) is 0.747. The van der Waals surface area contributed by atoms with Crippen molar-refractivity contribution >= 4 is 16.5 Å². The van der Waals surface area contributed by atoms with Gasteiger partial charge in [-0.05, 0) is 18.8 Å². The van der Waals surface area contributed by atoms with Crippen LogP contribution in [-0.2, 0) is 11.3 Å². The molecule has 0 saturated heterocycles. The molecule has 0 radical (unpaired) electrons. The first-order valence-corrected chi connectivity index (χ1v) is 6.69. The van der Waals surface area contributed by atoms with Crippen LogP contribution in [-0.4, -0.2) is 11.6 Å². The Morgan fingerprint density at radius 2 is 2.25 bits per heavy atom. The predicted octanol–water partition coefficient (Wildman–Crippen LogP) is 2.53. The van der Waals surface area contributed by atoms with Crippen molar-refractivity contribution in [1.82, 2.24) is 4.98 Å². The maximum Gasteiger partial charge on any atom is 0.197 e. The molecule has 90 valence electrons. The third-order valence-corrected chi connectivity index (χ3v) is 3.90. The molecule has 1 aromatic rings. The van der Waals surface area contributed by atoms with Crippen LogP contribution in [0.2, 0.25) is 0 Å². The number of nitrogen functional groups attached to an aromatic ring is 1. The Hall–Kier alpha value is -0.650. The van der Waals surface area contributed by atoms with Gasteiger partial charge in [-0.3, -0.25) is 5.43 Å². The molecule has 0 bridgehead atoms. The summed E-state index contributed by atoms with van der Waals surface area (Å²) in [6.45, 7) is 1.55. The average molecular weight is 241 g/mol. The van der Waals surface area contributed by atoms with Crippen LogP contribution >= 0.6 is 11.3 Å². The van der Waals surface area contributed by atoms with E-state index in [-0.39, 0.29) is 0 Å². The van der Waals surface area contributed by atoms with Crippen LogP contribution in [0.3, 0.4) is 0 Å². The zero-order valence-corrected chi connectivity index (χ0v) is 10.3. The van der Waals surface area contributed by atoms with Gasteiger partial charge in [-0.1, -0.05) is 30.6 Å². The van der Waals surface area contributed by atoms with Gasteiger partial charge in [0.2, 0.25) is 0 Å². The van der Waals surface area contributed by atoms with E-state index in [4.69, 9.17) is 10.6 Å². The van der Waals surface area contributed by atoms with Crippen LogP contribution in [0.4, 0.5) is 5.13 Å². The fraction of sp³-hybridized carbons (Fsp3) is 0.727. The molecule has 5 heteroatoms. The van der Waals surface area contributed by atoms with Gasteiger partial charge in [0.25, 0.3) is 0 Å². The van der Waals surface area contributed by atoms with Crippen molar-refractivity contribution < 1.29 is 4.74 Å². The second-order valence-electron chi connectivity index (χ2n) is 4.30. The Bertz CT molecular complexity index is 310. The van der Waals surface area contributed by atoms with Crippen LogP contribution in [0, 0.1) is 5.92 Å². The number of hydrogen-bond acceptors (Lipinski definition) is 5. The molecule has 0 aliphatic heterocycles. The van der Waals surface area contributed by atoms with E-state index in [1.807, 2.05) is 6.20 Å². The third-order valence-electron chi connectivity index (χ3n) is 3.00. The van der Waals surface area contributed by atoms with E-state index in [0.717, 1.165) is 22.5 Å². The average Bonchev–Trinajstić information content (AvgIpc) is 2.78. The van der Waals surface area contributed by atoms with Crippen molar-refractivity contribution in [3.8, 4) is 0 Å². The first-order chi connectivity index (χ1) is 7.88. The van der Waals surface area contributed by atoms with Crippen LogP contribution in [0.15, 0.2) is 6.20 Å². The van der Waals surface area contributed by atoms with E-state index >= 15 is 0 Å². The molecule has 0 atom stereocenters. The fourth-order valence-corrected chi connectivity index (χ4v) is 2.78. The lowest BCUT2D eigenvalue weighted by molar-refractivity contribution is 0.0754. The van der Waals surface area contributed by atoms with Gasteiger partial charge in [-0.15, -0.1) is 0 Å². The number of nitrogens with two attached hydrogens (primary N) is 1. The largest absolute Gasteiger partial charge is 0.376 e. The van der Waals surface area contributed by atoms with Crippen LogP contribution in [0.25, 0.3) is 0 Å². The second-order valence-corrected chi connectivity index (χ2v) is 5.41. The Kier molecular flexibility index (Phi) is 4.56. The Morgan fingerprint density at radius 3 is 2.94 bits per heavy atom. The van der Waals surface area contributed by atoms with Crippen LogP contribution < -0.4 is 11.3 Å². The van der Waals surface area contributed by atoms with Gasteiger partial charge < -0.3 is 4.74 Å². The van der Waals surface area contributed by atoms with Crippen LogP contribution in [0.1, 0.15) is 37.0 Å². The lowest BCUT2D eigenvalue weighted by Gasteiger charge is -2.20. The second kappa shape index (κ2) is 6.18. The van der Waals surface area contributed by atoms with Gasteiger partial charge in [-0.25, -0.2) is 10.8 Å². The fourth-order valence-electron chi connectivity index (χ4n) is 2.12. The summed E-state index contributed by atoms with van der Waals surface area (Å²) in [6, 6.07) is 0. The van der Waals surface area contributed by atoms with Crippen molar-refractivity contribution in [3.05, 3.63) is 11.1 Å². The van der Waals surface area contributed by atoms with Crippen molar-refractivity contribution in [1.29, 1.82) is 0 Å². The van der Waals surface area contributed by atoms with E-state index in [9.17, 15) is 0 Å². The van der Waals surface area contributed by atoms with Gasteiger partial charge in [-0.2, -0.15) is 0 Å². The molecule has 3 N–H and O–H groups in total. The van der Waals surface area contributed by atoms with Crippen LogP contribution in [0.5, 0.6) is 0 Å². The maximum atomic E-state index is 5.72. The van der Waals surface area contributed by atoms with E-state index in [1.165, 1.54) is 32.1 Å². The van der Waals surface area contributed by atoms with E-state index < -0.39 is 0 Å². The summed E-state index contributed by atoms with van der Waals surface area (Å²) >= 11 is 1.55. The highest BCUT2D eigenvalue weighted by Crippen LogP contribution is 2.24. The highest BCUT2D eigenvalue weighted by molar-refractivity contribution is 7.15. The van der Waals surface area contributed by atoms with Gasteiger partial charge in [0.15, 0.2) is 5.13 Å². The number of hydrazine groups is 1. The normalized spacial score (nSPS) is 17.6. The molecule has 1 heterocycles. The molecule has 1 aliphatic carbocycles. The zero-order chi connectivity index (χ0) is 11.2. The summed E-state index contributed by atoms with van der Waals surface area (Å²) in [4.78, 5) is 5.23. The number of rotatable bonds is 5.